The van der Waals surface area contributed by atoms with Crippen LogP contribution in [0.1, 0.15) is 53.0 Å². The third-order valence-electron chi connectivity index (χ3n) is 2.95. The Hall–Kier alpha value is -0.287. The molecule has 0 aromatic heterocycles. The molecule has 0 bridgehead atoms. The Labute approximate surface area is 133 Å². The molecule has 0 saturated carbocycles. The Balaban J connectivity index is 0. The molecule has 0 aliphatic heterocycles. The van der Waals surface area contributed by atoms with Crippen molar-refractivity contribution in [1.82, 2.24) is 0 Å². The number of unbranched alkanes of at least 4 members (excludes halogenated alkanes) is 1. The molecule has 0 aliphatic rings. The molecule has 0 unspecified atom stereocenters. The summed E-state index contributed by atoms with van der Waals surface area (Å²) in [7, 11) is 0. The van der Waals surface area contributed by atoms with Crippen LogP contribution in [0.5, 0.6) is 0 Å². The zero-order valence-electron chi connectivity index (χ0n) is 12.5. The summed E-state index contributed by atoms with van der Waals surface area (Å²) in [5.74, 6) is 0. The Morgan fingerprint density at radius 1 is 1.22 bits per heavy atom. The summed E-state index contributed by atoms with van der Waals surface area (Å²) in [6, 6.07) is 8.58. The molecule has 0 spiro atoms. The summed E-state index contributed by atoms with van der Waals surface area (Å²) >= 11 is 0. The standard InChI is InChI=1S/C9H13.C8H13.Zr/c1-2-3-6-9-7-4-5-8-9;1-5-7(3)8(4)6-2;/h4-5,7-8H,2-3,6H2,1H3;5H,1-4H3;/q2*-1;+2. The molecule has 0 heterocycles. The molecule has 18 heavy (non-hydrogen) atoms. The first-order valence-corrected chi connectivity index (χ1v) is 6.50. The predicted molar refractivity (Wildman–Crippen MR) is 78.2 cm³/mol. The van der Waals surface area contributed by atoms with E-state index >= 15 is 0 Å². The smallest absolute Gasteiger partial charge is 0.275 e. The van der Waals surface area contributed by atoms with Crippen molar-refractivity contribution in [2.75, 3.05) is 0 Å². The van der Waals surface area contributed by atoms with Gasteiger partial charge in [-0.25, -0.2) is 23.3 Å². The summed E-state index contributed by atoms with van der Waals surface area (Å²) in [6.07, 6.45) is 9.03. The fourth-order valence-electron chi connectivity index (χ4n) is 1.38. The summed E-state index contributed by atoms with van der Waals surface area (Å²) in [4.78, 5) is 0. The van der Waals surface area contributed by atoms with Gasteiger partial charge in [0.2, 0.25) is 0 Å². The van der Waals surface area contributed by atoms with Crippen LogP contribution < -0.4 is 0 Å². The largest absolute Gasteiger partial charge is 2.00 e. The van der Waals surface area contributed by atoms with Gasteiger partial charge in [-0.1, -0.05) is 40.0 Å². The van der Waals surface area contributed by atoms with Crippen LogP contribution in [0.2, 0.25) is 0 Å². The van der Waals surface area contributed by atoms with Crippen LogP contribution in [0.15, 0.2) is 41.5 Å². The van der Waals surface area contributed by atoms with Gasteiger partial charge >= 0.3 is 26.2 Å². The zero-order valence-corrected chi connectivity index (χ0v) is 15.0. The molecule has 0 saturated heterocycles. The van der Waals surface area contributed by atoms with Gasteiger partial charge in [-0.2, -0.15) is 23.8 Å². The molecular weight excluding hydrogens is 295 g/mol. The third-order valence-corrected chi connectivity index (χ3v) is 2.95. The van der Waals surface area contributed by atoms with E-state index in [1.54, 1.807) is 0 Å². The van der Waals surface area contributed by atoms with Crippen molar-refractivity contribution >= 4 is 0 Å². The van der Waals surface area contributed by atoms with Crippen molar-refractivity contribution in [3.8, 4) is 0 Å². The number of rotatable bonds is 4. The van der Waals surface area contributed by atoms with Crippen LogP contribution in [-0.2, 0) is 32.6 Å². The first-order chi connectivity index (χ1) is 8.15. The van der Waals surface area contributed by atoms with Crippen molar-refractivity contribution < 1.29 is 26.2 Å². The van der Waals surface area contributed by atoms with Crippen molar-refractivity contribution in [2.24, 2.45) is 0 Å². The molecule has 0 aliphatic carbocycles. The van der Waals surface area contributed by atoms with Crippen LogP contribution in [0.25, 0.3) is 0 Å². The average molecular weight is 322 g/mol. The van der Waals surface area contributed by atoms with Crippen molar-refractivity contribution in [3.63, 3.8) is 0 Å². The number of allylic oxidation sites excluding steroid dienone is 4. The van der Waals surface area contributed by atoms with Gasteiger partial charge in [0.25, 0.3) is 0 Å². The zero-order chi connectivity index (χ0) is 13.1. The molecule has 0 amide bonds. The van der Waals surface area contributed by atoms with Gasteiger partial charge in [0.15, 0.2) is 0 Å². The molecule has 1 aromatic rings. The maximum absolute atomic E-state index is 3.06. The Kier molecular flexibility index (Phi) is 14.6. The number of hydrogen-bond acceptors (Lipinski definition) is 0. The van der Waals surface area contributed by atoms with Gasteiger partial charge in [-0.3, -0.25) is 6.08 Å². The third kappa shape index (κ3) is 9.71. The summed E-state index contributed by atoms with van der Waals surface area (Å²) in [6.45, 7) is 10.3. The molecular formula is C17H26Zr. The molecule has 0 N–H and O–H groups in total. The molecule has 1 aromatic carbocycles. The van der Waals surface area contributed by atoms with Crippen molar-refractivity contribution in [2.45, 2.75) is 53.9 Å². The quantitative estimate of drug-likeness (QED) is 0.510. The molecule has 0 atom stereocenters. The van der Waals surface area contributed by atoms with E-state index in [2.05, 4.69) is 57.2 Å². The van der Waals surface area contributed by atoms with E-state index in [4.69, 9.17) is 0 Å². The van der Waals surface area contributed by atoms with Crippen LogP contribution >= 0.6 is 0 Å². The second-order valence-corrected chi connectivity index (χ2v) is 4.24. The first kappa shape index (κ1) is 20.0. The number of hydrogen-bond donors (Lipinski definition) is 0. The Morgan fingerprint density at radius 2 is 1.78 bits per heavy atom. The van der Waals surface area contributed by atoms with E-state index in [1.165, 1.54) is 36.0 Å². The second-order valence-electron chi connectivity index (χ2n) is 4.24. The minimum absolute atomic E-state index is 0. The van der Waals surface area contributed by atoms with E-state index in [0.717, 1.165) is 0 Å². The topological polar surface area (TPSA) is 0 Å². The summed E-state index contributed by atoms with van der Waals surface area (Å²) in [5.41, 5.74) is 4.04. The minimum atomic E-state index is 0. The second kappa shape index (κ2) is 13.2. The monoisotopic (exact) mass is 320 g/mol. The molecule has 1 heteroatoms. The van der Waals surface area contributed by atoms with Gasteiger partial charge in [0.1, 0.15) is 0 Å². The molecule has 98 valence electrons. The van der Waals surface area contributed by atoms with Gasteiger partial charge in [0, 0.05) is 0 Å². The van der Waals surface area contributed by atoms with E-state index < -0.39 is 0 Å². The van der Waals surface area contributed by atoms with Crippen LogP contribution in [0.4, 0.5) is 0 Å². The Morgan fingerprint density at radius 3 is 2.11 bits per heavy atom. The normalized spacial score (nSPS) is 11.4. The van der Waals surface area contributed by atoms with Gasteiger partial charge in [-0.15, -0.1) is 13.8 Å². The molecule has 0 fully saturated rings. The van der Waals surface area contributed by atoms with Crippen molar-refractivity contribution in [1.29, 1.82) is 0 Å². The van der Waals surface area contributed by atoms with Crippen LogP contribution in [0, 0.1) is 6.08 Å². The average Bonchev–Trinajstić information content (AvgIpc) is 2.88. The van der Waals surface area contributed by atoms with Gasteiger partial charge in [-0.05, 0) is 0 Å². The number of aryl methyl sites for hydroxylation is 1. The minimum Gasteiger partial charge on any atom is -0.275 e. The maximum atomic E-state index is 3.06. The fraction of sp³-hybridized carbons (Fsp3) is 0.471. The molecule has 0 nitrogen and oxygen atoms in total. The maximum Gasteiger partial charge on any atom is 2.00 e. The van der Waals surface area contributed by atoms with Crippen LogP contribution in [-0.4, -0.2) is 0 Å². The van der Waals surface area contributed by atoms with Gasteiger partial charge in [0.05, 0.1) is 0 Å². The van der Waals surface area contributed by atoms with E-state index in [0.29, 0.717) is 0 Å². The summed E-state index contributed by atoms with van der Waals surface area (Å²) < 4.78 is 0. The fourth-order valence-corrected chi connectivity index (χ4v) is 1.38. The van der Waals surface area contributed by atoms with Crippen molar-refractivity contribution in [3.05, 3.63) is 53.1 Å². The molecule has 1 rings (SSSR count). The predicted octanol–water partition coefficient (Wildman–Crippen LogP) is 5.47. The molecule has 0 radical (unpaired) electrons. The van der Waals surface area contributed by atoms with Gasteiger partial charge < -0.3 is 0 Å². The van der Waals surface area contributed by atoms with Crippen LogP contribution in [0.3, 0.4) is 0 Å². The van der Waals surface area contributed by atoms with E-state index in [1.807, 2.05) is 13.8 Å². The Bertz CT molecular complexity index is 313. The van der Waals surface area contributed by atoms with E-state index in [9.17, 15) is 0 Å². The van der Waals surface area contributed by atoms with E-state index in [-0.39, 0.29) is 26.2 Å². The first-order valence-electron chi connectivity index (χ1n) is 6.50. The SMILES string of the molecule is CCCC[c-]1cccc1.C[C-]=C(C)C(C)=CC.[Zr+2]. The summed E-state index contributed by atoms with van der Waals surface area (Å²) in [5, 5.41) is 0.